The van der Waals surface area contributed by atoms with Gasteiger partial charge in [0, 0.05) is 18.4 Å². The SMILES string of the molecule is CCCCCCCCCCCCCCCCCCCCCN(CCCCCCCCCCCCCCCCCCCCC)C(CCC)CC(=O)[O-].[K+]. The second-order valence-corrected chi connectivity index (χ2v) is 16.8. The first kappa shape index (κ1) is 55.2. The van der Waals surface area contributed by atoms with Crippen LogP contribution in [0.15, 0.2) is 0 Å². The molecular formula is C48H96KNO2. The first-order chi connectivity index (χ1) is 25.2. The van der Waals surface area contributed by atoms with Gasteiger partial charge in [-0.15, -0.1) is 0 Å². The molecule has 306 valence electrons. The quantitative estimate of drug-likeness (QED) is 0.0459. The minimum absolute atomic E-state index is 0. The van der Waals surface area contributed by atoms with Crippen molar-refractivity contribution in [2.24, 2.45) is 0 Å². The Bertz CT molecular complexity index is 616. The monoisotopic (exact) mass is 758 g/mol. The molecule has 0 saturated carbocycles. The second kappa shape index (κ2) is 48.2. The normalized spacial score (nSPS) is 12.1. The van der Waals surface area contributed by atoms with Crippen molar-refractivity contribution in [2.75, 3.05) is 13.1 Å². The van der Waals surface area contributed by atoms with Gasteiger partial charge in [0.1, 0.15) is 0 Å². The summed E-state index contributed by atoms with van der Waals surface area (Å²) in [5.41, 5.74) is 0. The van der Waals surface area contributed by atoms with Crippen LogP contribution in [-0.4, -0.2) is 30.0 Å². The molecule has 0 aromatic heterocycles. The maximum absolute atomic E-state index is 11.6. The molecule has 1 atom stereocenters. The summed E-state index contributed by atoms with van der Waals surface area (Å²) in [7, 11) is 0. The van der Waals surface area contributed by atoms with Gasteiger partial charge in [-0.25, -0.2) is 0 Å². The number of carboxylic acid groups (broad SMARTS) is 1. The van der Waals surface area contributed by atoms with Gasteiger partial charge >= 0.3 is 51.4 Å². The smallest absolute Gasteiger partial charge is 0.550 e. The Morgan fingerprint density at radius 1 is 0.365 bits per heavy atom. The molecular weight excluding hydrogens is 662 g/mol. The molecule has 0 bridgehead atoms. The number of hydrogen-bond acceptors (Lipinski definition) is 3. The maximum Gasteiger partial charge on any atom is 1.00 e. The summed E-state index contributed by atoms with van der Waals surface area (Å²) >= 11 is 0. The zero-order valence-corrected chi connectivity index (χ0v) is 39.9. The number of aliphatic carboxylic acids is 1. The van der Waals surface area contributed by atoms with Crippen molar-refractivity contribution in [1.29, 1.82) is 0 Å². The molecule has 0 amide bonds. The predicted octanol–water partition coefficient (Wildman–Crippen LogP) is 12.5. The molecule has 0 aromatic carbocycles. The molecule has 0 fully saturated rings. The van der Waals surface area contributed by atoms with Gasteiger partial charge < -0.3 is 14.8 Å². The van der Waals surface area contributed by atoms with E-state index < -0.39 is 5.97 Å². The molecule has 0 heterocycles. The molecule has 0 saturated heterocycles. The van der Waals surface area contributed by atoms with Gasteiger partial charge in [0.05, 0.1) is 0 Å². The van der Waals surface area contributed by atoms with Crippen molar-refractivity contribution < 1.29 is 61.3 Å². The number of carbonyl (C=O) groups excluding carboxylic acids is 1. The fourth-order valence-corrected chi connectivity index (χ4v) is 8.20. The Hall–Kier alpha value is 1.07. The zero-order valence-electron chi connectivity index (χ0n) is 36.7. The standard InChI is InChI=1S/C48H97NO2.K/c1-4-7-9-11-13-15-17-19-21-23-25-27-29-31-33-35-37-39-41-44-49(47(43-6-3)46-48(50)51)45-42-40-38-36-34-32-30-28-26-24-22-20-18-16-14-12-10-8-5-2;/h47H,4-46H2,1-3H3,(H,50,51);/q;+1/p-1. The number of rotatable bonds is 45. The molecule has 0 N–H and O–H groups in total. The fraction of sp³-hybridized carbons (Fsp3) is 0.979. The topological polar surface area (TPSA) is 43.4 Å². The van der Waals surface area contributed by atoms with Crippen LogP contribution in [0.5, 0.6) is 0 Å². The van der Waals surface area contributed by atoms with Crippen LogP contribution in [0.25, 0.3) is 0 Å². The Labute approximate surface area is 372 Å². The number of carboxylic acids is 1. The molecule has 0 aromatic rings. The maximum atomic E-state index is 11.6. The zero-order chi connectivity index (χ0) is 37.1. The number of hydrogen-bond donors (Lipinski definition) is 0. The summed E-state index contributed by atoms with van der Waals surface area (Å²) in [5.74, 6) is -0.875. The van der Waals surface area contributed by atoms with E-state index in [0.717, 1.165) is 25.9 Å². The van der Waals surface area contributed by atoms with E-state index in [1.807, 2.05) is 0 Å². The van der Waals surface area contributed by atoms with E-state index in [1.54, 1.807) is 0 Å². The van der Waals surface area contributed by atoms with E-state index in [4.69, 9.17) is 0 Å². The fourth-order valence-electron chi connectivity index (χ4n) is 8.20. The van der Waals surface area contributed by atoms with Crippen LogP contribution < -0.4 is 56.5 Å². The van der Waals surface area contributed by atoms with E-state index in [2.05, 4.69) is 25.7 Å². The van der Waals surface area contributed by atoms with Crippen molar-refractivity contribution in [2.45, 2.75) is 290 Å². The largest absolute Gasteiger partial charge is 1.00 e. The average molecular weight is 758 g/mol. The molecule has 1 unspecified atom stereocenters. The van der Waals surface area contributed by atoms with Crippen molar-refractivity contribution >= 4 is 5.97 Å². The minimum atomic E-state index is -0.875. The predicted molar refractivity (Wildman–Crippen MR) is 227 cm³/mol. The van der Waals surface area contributed by atoms with Crippen LogP contribution in [-0.2, 0) is 4.79 Å². The summed E-state index contributed by atoms with van der Waals surface area (Å²) in [6.45, 7) is 8.92. The number of carbonyl (C=O) groups is 1. The summed E-state index contributed by atoms with van der Waals surface area (Å²) in [6.07, 6.45) is 55.7. The summed E-state index contributed by atoms with van der Waals surface area (Å²) in [6, 6.07) is 0.158. The van der Waals surface area contributed by atoms with Gasteiger partial charge in [-0.2, -0.15) is 0 Å². The Balaban J connectivity index is 0. The van der Waals surface area contributed by atoms with Gasteiger partial charge in [-0.3, -0.25) is 0 Å². The van der Waals surface area contributed by atoms with Crippen LogP contribution in [0.3, 0.4) is 0 Å². The third-order valence-corrected chi connectivity index (χ3v) is 11.6. The second-order valence-electron chi connectivity index (χ2n) is 16.8. The molecule has 0 radical (unpaired) electrons. The molecule has 0 aliphatic rings. The van der Waals surface area contributed by atoms with Crippen molar-refractivity contribution in [3.05, 3.63) is 0 Å². The van der Waals surface area contributed by atoms with Crippen LogP contribution >= 0.6 is 0 Å². The van der Waals surface area contributed by atoms with E-state index in [9.17, 15) is 9.90 Å². The van der Waals surface area contributed by atoms with E-state index in [-0.39, 0.29) is 63.8 Å². The van der Waals surface area contributed by atoms with Crippen LogP contribution in [0, 0.1) is 0 Å². The van der Waals surface area contributed by atoms with Gasteiger partial charge in [0.25, 0.3) is 0 Å². The first-order valence-corrected chi connectivity index (χ1v) is 24.1. The number of unbranched alkanes of at least 4 members (excludes halogenated alkanes) is 36. The van der Waals surface area contributed by atoms with Gasteiger partial charge in [-0.05, 0) is 32.4 Å². The van der Waals surface area contributed by atoms with Gasteiger partial charge in [0.15, 0.2) is 0 Å². The van der Waals surface area contributed by atoms with Crippen molar-refractivity contribution in [3.63, 3.8) is 0 Å². The van der Waals surface area contributed by atoms with Crippen LogP contribution in [0.2, 0.25) is 0 Å². The molecule has 0 spiro atoms. The minimum Gasteiger partial charge on any atom is -0.550 e. The van der Waals surface area contributed by atoms with E-state index >= 15 is 0 Å². The molecule has 0 aliphatic carbocycles. The third-order valence-electron chi connectivity index (χ3n) is 11.6. The van der Waals surface area contributed by atoms with E-state index in [0.29, 0.717) is 0 Å². The van der Waals surface area contributed by atoms with E-state index in [1.165, 1.54) is 244 Å². The Kier molecular flexibility index (Phi) is 51.2. The molecule has 0 aliphatic heterocycles. The van der Waals surface area contributed by atoms with Crippen LogP contribution in [0.1, 0.15) is 284 Å². The average Bonchev–Trinajstić information content (AvgIpc) is 3.12. The first-order valence-electron chi connectivity index (χ1n) is 24.1. The molecule has 4 heteroatoms. The number of nitrogens with zero attached hydrogens (tertiary/aromatic N) is 1. The molecule has 52 heavy (non-hydrogen) atoms. The van der Waals surface area contributed by atoms with Crippen molar-refractivity contribution in [1.82, 2.24) is 4.90 Å². The Morgan fingerprint density at radius 2 is 0.577 bits per heavy atom. The van der Waals surface area contributed by atoms with Gasteiger partial charge in [0.2, 0.25) is 0 Å². The summed E-state index contributed by atoms with van der Waals surface area (Å²) in [4.78, 5) is 14.1. The van der Waals surface area contributed by atoms with Crippen molar-refractivity contribution in [3.8, 4) is 0 Å². The molecule has 0 rings (SSSR count). The Morgan fingerprint density at radius 3 is 0.769 bits per heavy atom. The third kappa shape index (κ3) is 43.8. The van der Waals surface area contributed by atoms with Gasteiger partial charge in [-0.1, -0.05) is 258 Å². The summed E-state index contributed by atoms with van der Waals surface area (Å²) < 4.78 is 0. The summed E-state index contributed by atoms with van der Waals surface area (Å²) in [5, 5.41) is 11.6. The molecule has 3 nitrogen and oxygen atoms in total. The van der Waals surface area contributed by atoms with Crippen LogP contribution in [0.4, 0.5) is 0 Å².